The quantitative estimate of drug-likeness (QED) is 0.824. The van der Waals surface area contributed by atoms with Crippen LogP contribution in [0.1, 0.15) is 18.9 Å². The number of halogens is 2. The van der Waals surface area contributed by atoms with E-state index in [1.807, 2.05) is 18.2 Å². The number of nitrogens with zero attached hydrogens (tertiary/aromatic N) is 1. The molecule has 1 aromatic heterocycles. The van der Waals surface area contributed by atoms with Crippen molar-refractivity contribution < 1.29 is 0 Å². The first kappa shape index (κ1) is 13.5. The number of hydrogen-bond acceptors (Lipinski definition) is 1. The van der Waals surface area contributed by atoms with Gasteiger partial charge in [-0.1, -0.05) is 34.5 Å². The molecule has 1 heterocycles. The molecule has 2 nitrogen and oxygen atoms in total. The van der Waals surface area contributed by atoms with Crippen molar-refractivity contribution in [2.45, 2.75) is 26.4 Å². The molecular formula is C14H16BrClN2. The second kappa shape index (κ2) is 6.30. The maximum Gasteiger partial charge on any atom is 0.0648 e. The van der Waals surface area contributed by atoms with Gasteiger partial charge in [0, 0.05) is 30.0 Å². The second-order valence-corrected chi connectivity index (χ2v) is 5.56. The first-order valence-electron chi connectivity index (χ1n) is 6.02. The lowest BCUT2D eigenvalue weighted by atomic mass is 10.3. The van der Waals surface area contributed by atoms with Gasteiger partial charge in [0.15, 0.2) is 0 Å². The van der Waals surface area contributed by atoms with Crippen molar-refractivity contribution >= 4 is 33.2 Å². The number of benzene rings is 1. The molecule has 96 valence electrons. The molecule has 2 rings (SSSR count). The SMILES string of the molecule is CCCn1ccc(CNc2ccc(Br)cc2Cl)c1. The van der Waals surface area contributed by atoms with Gasteiger partial charge in [0.05, 0.1) is 10.7 Å². The summed E-state index contributed by atoms with van der Waals surface area (Å²) in [5.74, 6) is 0. The zero-order valence-electron chi connectivity index (χ0n) is 10.3. The van der Waals surface area contributed by atoms with E-state index in [1.54, 1.807) is 0 Å². The average Bonchev–Trinajstić information content (AvgIpc) is 2.76. The van der Waals surface area contributed by atoms with E-state index in [9.17, 15) is 0 Å². The molecule has 0 unspecified atom stereocenters. The molecule has 0 bridgehead atoms. The van der Waals surface area contributed by atoms with Gasteiger partial charge in [-0.25, -0.2) is 0 Å². The lowest BCUT2D eigenvalue weighted by Crippen LogP contribution is -1.99. The summed E-state index contributed by atoms with van der Waals surface area (Å²) < 4.78 is 3.20. The first-order chi connectivity index (χ1) is 8.69. The molecule has 0 fully saturated rings. The smallest absolute Gasteiger partial charge is 0.0648 e. The van der Waals surface area contributed by atoms with Gasteiger partial charge in [0.1, 0.15) is 0 Å². The molecule has 4 heteroatoms. The lowest BCUT2D eigenvalue weighted by molar-refractivity contribution is 0.682. The van der Waals surface area contributed by atoms with Crippen LogP contribution in [0, 0.1) is 0 Å². The van der Waals surface area contributed by atoms with E-state index in [0.717, 1.165) is 34.7 Å². The van der Waals surface area contributed by atoms with Gasteiger partial charge in [-0.15, -0.1) is 0 Å². The van der Waals surface area contributed by atoms with E-state index < -0.39 is 0 Å². The Morgan fingerprint density at radius 3 is 2.89 bits per heavy atom. The van der Waals surface area contributed by atoms with E-state index in [4.69, 9.17) is 11.6 Å². The molecule has 0 atom stereocenters. The first-order valence-corrected chi connectivity index (χ1v) is 7.19. The van der Waals surface area contributed by atoms with E-state index in [0.29, 0.717) is 0 Å². The van der Waals surface area contributed by atoms with Crippen LogP contribution in [-0.2, 0) is 13.1 Å². The number of rotatable bonds is 5. The molecule has 18 heavy (non-hydrogen) atoms. The summed E-state index contributed by atoms with van der Waals surface area (Å²) in [5, 5.41) is 4.08. The predicted molar refractivity (Wildman–Crippen MR) is 81.2 cm³/mol. The Morgan fingerprint density at radius 1 is 1.33 bits per heavy atom. The van der Waals surface area contributed by atoms with Gasteiger partial charge >= 0.3 is 0 Å². The minimum absolute atomic E-state index is 0.734. The van der Waals surface area contributed by atoms with Crippen molar-refractivity contribution in [2.24, 2.45) is 0 Å². The van der Waals surface area contributed by atoms with Crippen LogP contribution >= 0.6 is 27.5 Å². The minimum atomic E-state index is 0.734. The summed E-state index contributed by atoms with van der Waals surface area (Å²) in [6.45, 7) is 4.04. The van der Waals surface area contributed by atoms with E-state index in [2.05, 4.69) is 51.2 Å². The van der Waals surface area contributed by atoms with Crippen molar-refractivity contribution in [3.8, 4) is 0 Å². The van der Waals surface area contributed by atoms with Crippen LogP contribution in [0.3, 0.4) is 0 Å². The van der Waals surface area contributed by atoms with Gasteiger partial charge in [-0.05, 0) is 36.2 Å². The van der Waals surface area contributed by atoms with Gasteiger partial charge < -0.3 is 9.88 Å². The van der Waals surface area contributed by atoms with Crippen molar-refractivity contribution in [1.82, 2.24) is 4.57 Å². The molecule has 1 aromatic carbocycles. The van der Waals surface area contributed by atoms with E-state index in [-0.39, 0.29) is 0 Å². The Balaban J connectivity index is 1.97. The third kappa shape index (κ3) is 3.53. The van der Waals surface area contributed by atoms with Crippen LogP contribution in [0.2, 0.25) is 5.02 Å². The topological polar surface area (TPSA) is 17.0 Å². The molecule has 2 aromatic rings. The number of anilines is 1. The fourth-order valence-electron chi connectivity index (χ4n) is 1.82. The van der Waals surface area contributed by atoms with Crippen molar-refractivity contribution in [1.29, 1.82) is 0 Å². The molecule has 0 radical (unpaired) electrons. The Hall–Kier alpha value is -0.930. The maximum absolute atomic E-state index is 6.15. The van der Waals surface area contributed by atoms with Crippen LogP contribution in [-0.4, -0.2) is 4.57 Å². The Labute approximate surface area is 121 Å². The fourth-order valence-corrected chi connectivity index (χ4v) is 2.56. The van der Waals surface area contributed by atoms with Gasteiger partial charge in [0.25, 0.3) is 0 Å². The normalized spacial score (nSPS) is 10.6. The van der Waals surface area contributed by atoms with Gasteiger partial charge in [0.2, 0.25) is 0 Å². The molecule has 0 saturated carbocycles. The van der Waals surface area contributed by atoms with Crippen molar-refractivity contribution in [2.75, 3.05) is 5.32 Å². The standard InChI is InChI=1S/C14H16BrClN2/c1-2-6-18-7-5-11(10-18)9-17-14-4-3-12(15)8-13(14)16/h3-5,7-8,10,17H,2,6,9H2,1H3. The molecule has 0 aliphatic rings. The highest BCUT2D eigenvalue weighted by Crippen LogP contribution is 2.26. The average molecular weight is 328 g/mol. The predicted octanol–water partition coefficient (Wildman–Crippen LogP) is 4.93. The number of nitrogens with one attached hydrogen (secondary N) is 1. The fraction of sp³-hybridized carbons (Fsp3) is 0.286. The highest BCUT2D eigenvalue weighted by atomic mass is 79.9. The van der Waals surface area contributed by atoms with Crippen molar-refractivity contribution in [3.63, 3.8) is 0 Å². The Kier molecular flexibility index (Phi) is 4.72. The molecule has 0 aliphatic carbocycles. The second-order valence-electron chi connectivity index (χ2n) is 4.24. The molecule has 0 aliphatic heterocycles. The van der Waals surface area contributed by atoms with Crippen molar-refractivity contribution in [3.05, 3.63) is 51.7 Å². The van der Waals surface area contributed by atoms with Crippen LogP contribution in [0.25, 0.3) is 0 Å². The minimum Gasteiger partial charge on any atom is -0.380 e. The molecule has 1 N–H and O–H groups in total. The van der Waals surface area contributed by atoms with Crippen LogP contribution < -0.4 is 5.32 Å². The summed E-state index contributed by atoms with van der Waals surface area (Å²) in [6, 6.07) is 7.99. The molecule has 0 spiro atoms. The molecule has 0 saturated heterocycles. The summed E-state index contributed by atoms with van der Waals surface area (Å²) in [4.78, 5) is 0. The zero-order chi connectivity index (χ0) is 13.0. The summed E-state index contributed by atoms with van der Waals surface area (Å²) in [7, 11) is 0. The largest absolute Gasteiger partial charge is 0.380 e. The molecular weight excluding hydrogens is 312 g/mol. The summed E-state index contributed by atoms with van der Waals surface area (Å²) in [5.41, 5.74) is 2.23. The monoisotopic (exact) mass is 326 g/mol. The number of aryl methyl sites for hydroxylation is 1. The van der Waals surface area contributed by atoms with E-state index in [1.165, 1.54) is 5.56 Å². The summed E-state index contributed by atoms with van der Waals surface area (Å²) >= 11 is 9.55. The third-order valence-electron chi connectivity index (χ3n) is 2.71. The van der Waals surface area contributed by atoms with Gasteiger partial charge in [-0.3, -0.25) is 0 Å². The van der Waals surface area contributed by atoms with Crippen LogP contribution in [0.5, 0.6) is 0 Å². The highest BCUT2D eigenvalue weighted by molar-refractivity contribution is 9.10. The Morgan fingerprint density at radius 2 is 2.17 bits per heavy atom. The Bertz CT molecular complexity index is 522. The van der Waals surface area contributed by atoms with Gasteiger partial charge in [-0.2, -0.15) is 0 Å². The zero-order valence-corrected chi connectivity index (χ0v) is 12.6. The summed E-state index contributed by atoms with van der Waals surface area (Å²) in [6.07, 6.45) is 5.44. The van der Waals surface area contributed by atoms with E-state index >= 15 is 0 Å². The molecule has 0 amide bonds. The highest BCUT2D eigenvalue weighted by Gasteiger charge is 2.01. The maximum atomic E-state index is 6.15. The number of aromatic nitrogens is 1. The lowest BCUT2D eigenvalue weighted by Gasteiger charge is -2.07. The van der Waals surface area contributed by atoms with Crippen LogP contribution in [0.4, 0.5) is 5.69 Å². The third-order valence-corrected chi connectivity index (χ3v) is 3.51. The van der Waals surface area contributed by atoms with Crippen LogP contribution in [0.15, 0.2) is 41.1 Å². The number of hydrogen-bond donors (Lipinski definition) is 1.